The van der Waals surface area contributed by atoms with Gasteiger partial charge >= 0.3 is 6.18 Å². The Kier molecular flexibility index (Phi) is 6.53. The highest BCUT2D eigenvalue weighted by Gasteiger charge is 2.34. The van der Waals surface area contributed by atoms with Crippen LogP contribution in [-0.4, -0.2) is 28.0 Å². The Balaban J connectivity index is 1.98. The summed E-state index contributed by atoms with van der Waals surface area (Å²) in [5, 5.41) is 10.2. The third-order valence-electron chi connectivity index (χ3n) is 2.61. The van der Waals surface area contributed by atoms with Gasteiger partial charge in [-0.3, -0.25) is 4.79 Å². The molecule has 0 saturated carbocycles. The molecule has 1 aromatic heterocycles. The van der Waals surface area contributed by atoms with E-state index in [0.717, 1.165) is 35.2 Å². The van der Waals surface area contributed by atoms with Crippen molar-refractivity contribution in [3.05, 3.63) is 28.8 Å². The molecule has 1 aromatic carbocycles. The van der Waals surface area contributed by atoms with Gasteiger partial charge in [0.25, 0.3) is 5.19 Å². The van der Waals surface area contributed by atoms with Gasteiger partial charge in [0.15, 0.2) is 4.34 Å². The lowest BCUT2D eigenvalue weighted by molar-refractivity contribution is -0.137. The fourth-order valence-corrected chi connectivity index (χ4v) is 3.46. The van der Waals surface area contributed by atoms with Gasteiger partial charge in [-0.15, -0.1) is 5.10 Å². The molecule has 0 unspecified atom stereocenters. The van der Waals surface area contributed by atoms with Crippen LogP contribution < -0.4 is 10.1 Å². The van der Waals surface area contributed by atoms with Crippen LogP contribution in [0.1, 0.15) is 19.4 Å². The third-order valence-corrected chi connectivity index (χ3v) is 4.79. The average Bonchev–Trinajstić information content (AvgIpc) is 2.92. The first-order chi connectivity index (χ1) is 11.6. The Hall–Kier alpha value is -1.52. The number of carbonyl (C=O) groups is 1. The summed E-state index contributed by atoms with van der Waals surface area (Å²) in [6, 6.07) is 3.16. The van der Waals surface area contributed by atoms with E-state index in [0.29, 0.717) is 9.53 Å². The van der Waals surface area contributed by atoms with Gasteiger partial charge in [-0.1, -0.05) is 28.5 Å². The van der Waals surface area contributed by atoms with E-state index in [-0.39, 0.29) is 22.6 Å². The van der Waals surface area contributed by atoms with Crippen LogP contribution in [0.3, 0.4) is 0 Å². The minimum Gasteiger partial charge on any atom is -0.466 e. The van der Waals surface area contributed by atoms with Crippen LogP contribution in [0.25, 0.3) is 0 Å². The Labute approximate surface area is 154 Å². The average molecular weight is 412 g/mol. The molecular formula is C14H13ClF3N3O2S2. The SMILES string of the molecule is CC(C)Oc1nnc(SCC(=O)Nc2ccc(Cl)cc2C(F)(F)F)s1. The zero-order chi connectivity index (χ0) is 18.6. The molecule has 0 saturated heterocycles. The van der Waals surface area contributed by atoms with E-state index in [9.17, 15) is 18.0 Å². The van der Waals surface area contributed by atoms with Crippen molar-refractivity contribution < 1.29 is 22.7 Å². The first kappa shape index (κ1) is 19.8. The number of thioether (sulfide) groups is 1. The topological polar surface area (TPSA) is 64.1 Å². The first-order valence-electron chi connectivity index (χ1n) is 6.94. The van der Waals surface area contributed by atoms with E-state index in [1.807, 2.05) is 13.8 Å². The fraction of sp³-hybridized carbons (Fsp3) is 0.357. The molecule has 2 rings (SSSR count). The highest BCUT2D eigenvalue weighted by Crippen LogP contribution is 2.36. The molecule has 0 atom stereocenters. The van der Waals surface area contributed by atoms with Crippen molar-refractivity contribution in [3.63, 3.8) is 0 Å². The van der Waals surface area contributed by atoms with Crippen LogP contribution in [0.4, 0.5) is 18.9 Å². The summed E-state index contributed by atoms with van der Waals surface area (Å²) in [5.74, 6) is -0.713. The number of hydrogen-bond donors (Lipinski definition) is 1. The van der Waals surface area contributed by atoms with Crippen LogP contribution in [0.15, 0.2) is 22.5 Å². The smallest absolute Gasteiger partial charge is 0.418 e. The van der Waals surface area contributed by atoms with Gasteiger partial charge in [0.05, 0.1) is 23.1 Å². The van der Waals surface area contributed by atoms with Crippen molar-refractivity contribution in [2.24, 2.45) is 0 Å². The summed E-state index contributed by atoms with van der Waals surface area (Å²) >= 11 is 7.81. The van der Waals surface area contributed by atoms with E-state index < -0.39 is 17.6 Å². The minimum atomic E-state index is -4.62. The van der Waals surface area contributed by atoms with Gasteiger partial charge in [-0.25, -0.2) is 0 Å². The summed E-state index contributed by atoms with van der Waals surface area (Å²) in [5.41, 5.74) is -1.34. The summed E-state index contributed by atoms with van der Waals surface area (Å²) in [4.78, 5) is 11.9. The van der Waals surface area contributed by atoms with E-state index in [1.165, 1.54) is 6.07 Å². The van der Waals surface area contributed by atoms with Gasteiger partial charge in [0.2, 0.25) is 5.91 Å². The van der Waals surface area contributed by atoms with Gasteiger partial charge in [-0.05, 0) is 43.4 Å². The van der Waals surface area contributed by atoms with Gasteiger partial charge in [0, 0.05) is 5.02 Å². The molecule has 136 valence electrons. The predicted octanol–water partition coefficient (Wildman–Crippen LogP) is 4.73. The highest BCUT2D eigenvalue weighted by atomic mass is 35.5. The molecule has 0 aliphatic heterocycles. The third kappa shape index (κ3) is 6.05. The molecule has 0 spiro atoms. The van der Waals surface area contributed by atoms with Crippen molar-refractivity contribution in [2.75, 3.05) is 11.1 Å². The number of alkyl halides is 3. The van der Waals surface area contributed by atoms with E-state index in [2.05, 4.69) is 15.5 Å². The van der Waals surface area contributed by atoms with Crippen molar-refractivity contribution in [3.8, 4) is 5.19 Å². The van der Waals surface area contributed by atoms with Crippen LogP contribution in [-0.2, 0) is 11.0 Å². The number of nitrogens with one attached hydrogen (secondary N) is 1. The molecule has 1 N–H and O–H groups in total. The number of amides is 1. The van der Waals surface area contributed by atoms with Gasteiger partial charge < -0.3 is 10.1 Å². The lowest BCUT2D eigenvalue weighted by Crippen LogP contribution is -2.18. The molecule has 1 heterocycles. The largest absolute Gasteiger partial charge is 0.466 e. The number of halogens is 4. The van der Waals surface area contributed by atoms with Crippen LogP contribution in [0, 0.1) is 0 Å². The van der Waals surface area contributed by atoms with E-state index in [1.54, 1.807) is 0 Å². The lowest BCUT2D eigenvalue weighted by Gasteiger charge is -2.13. The molecule has 0 radical (unpaired) electrons. The normalized spacial score (nSPS) is 11.6. The number of rotatable bonds is 6. The van der Waals surface area contributed by atoms with Crippen LogP contribution >= 0.6 is 34.7 Å². The van der Waals surface area contributed by atoms with Gasteiger partial charge in [-0.2, -0.15) is 13.2 Å². The number of carbonyl (C=O) groups excluding carboxylic acids is 1. The zero-order valence-corrected chi connectivity index (χ0v) is 15.4. The number of nitrogens with zero attached hydrogens (tertiary/aromatic N) is 2. The molecule has 0 fully saturated rings. The standard InChI is InChI=1S/C14H13ClF3N3O2S2/c1-7(2)23-12-20-21-13(25-12)24-6-11(22)19-10-4-3-8(15)5-9(10)14(16,17)18/h3-5,7H,6H2,1-2H3,(H,19,22). The maximum Gasteiger partial charge on any atom is 0.418 e. The van der Waals surface area contributed by atoms with Crippen molar-refractivity contribution in [2.45, 2.75) is 30.5 Å². The summed E-state index contributed by atoms with van der Waals surface area (Å²) in [6.45, 7) is 3.68. The van der Waals surface area contributed by atoms with E-state index >= 15 is 0 Å². The quantitative estimate of drug-likeness (QED) is 0.696. The molecule has 11 heteroatoms. The second-order valence-corrected chi connectivity index (χ2v) is 7.62. The number of aromatic nitrogens is 2. The Morgan fingerprint density at radius 2 is 2.12 bits per heavy atom. The maximum atomic E-state index is 13.0. The predicted molar refractivity (Wildman–Crippen MR) is 91.5 cm³/mol. The molecular weight excluding hydrogens is 399 g/mol. The van der Waals surface area contributed by atoms with Gasteiger partial charge in [0.1, 0.15) is 0 Å². The Morgan fingerprint density at radius 1 is 1.40 bits per heavy atom. The second-order valence-electron chi connectivity index (χ2n) is 5.02. The molecule has 1 amide bonds. The summed E-state index contributed by atoms with van der Waals surface area (Å²) in [7, 11) is 0. The molecule has 2 aromatic rings. The second kappa shape index (κ2) is 8.24. The monoisotopic (exact) mass is 411 g/mol. The minimum absolute atomic E-state index is 0.0557. The first-order valence-corrected chi connectivity index (χ1v) is 9.12. The number of hydrogen-bond acceptors (Lipinski definition) is 6. The fourth-order valence-electron chi connectivity index (χ4n) is 1.68. The number of benzene rings is 1. The van der Waals surface area contributed by atoms with Crippen LogP contribution in [0.2, 0.25) is 5.02 Å². The maximum absolute atomic E-state index is 13.0. The highest BCUT2D eigenvalue weighted by molar-refractivity contribution is 8.01. The number of anilines is 1. The lowest BCUT2D eigenvalue weighted by atomic mass is 10.1. The summed E-state index contributed by atoms with van der Waals surface area (Å²) < 4.78 is 44.8. The molecule has 5 nitrogen and oxygen atoms in total. The Bertz CT molecular complexity index is 753. The van der Waals surface area contributed by atoms with Crippen molar-refractivity contribution in [1.29, 1.82) is 0 Å². The van der Waals surface area contributed by atoms with E-state index in [4.69, 9.17) is 16.3 Å². The molecule has 0 bridgehead atoms. The van der Waals surface area contributed by atoms with Crippen LogP contribution in [0.5, 0.6) is 5.19 Å². The molecule has 25 heavy (non-hydrogen) atoms. The summed E-state index contributed by atoms with van der Waals surface area (Å²) in [6.07, 6.45) is -4.68. The number of ether oxygens (including phenoxy) is 1. The molecule has 0 aliphatic carbocycles. The zero-order valence-electron chi connectivity index (χ0n) is 13.1. The van der Waals surface area contributed by atoms with Crippen molar-refractivity contribution >= 4 is 46.3 Å². The Morgan fingerprint density at radius 3 is 2.76 bits per heavy atom. The molecule has 0 aliphatic rings. The van der Waals surface area contributed by atoms with Crippen molar-refractivity contribution in [1.82, 2.24) is 10.2 Å².